The van der Waals surface area contributed by atoms with Crippen molar-refractivity contribution >= 4 is 5.82 Å². The fourth-order valence-electron chi connectivity index (χ4n) is 2.72. The van der Waals surface area contributed by atoms with Gasteiger partial charge in [-0.25, -0.2) is 4.98 Å². The Hall–Kier alpha value is -1.13. The van der Waals surface area contributed by atoms with E-state index in [9.17, 15) is 0 Å². The molecule has 0 atom stereocenters. The molecule has 1 N–H and O–H groups in total. The van der Waals surface area contributed by atoms with E-state index in [1.54, 1.807) is 0 Å². The number of rotatable bonds is 6. The van der Waals surface area contributed by atoms with Crippen molar-refractivity contribution in [3.63, 3.8) is 0 Å². The maximum absolute atomic E-state index is 4.79. The highest BCUT2D eigenvalue weighted by Crippen LogP contribution is 2.17. The SMILES string of the molecule is CCCN1CCN(c2ccc(CNCC)c(C)n2)CC1. The standard InChI is InChI=1S/C16H28N4/c1-4-8-19-9-11-20(12-10-19)16-7-6-15(13-17-5-2)14(3)18-16/h6-7,17H,4-5,8-13H2,1-3H3. The number of piperazine rings is 1. The van der Waals surface area contributed by atoms with E-state index in [1.165, 1.54) is 18.5 Å². The third-order valence-electron chi connectivity index (χ3n) is 3.98. The van der Waals surface area contributed by atoms with Crippen LogP contribution in [0.15, 0.2) is 12.1 Å². The third kappa shape index (κ3) is 3.93. The van der Waals surface area contributed by atoms with Crippen LogP contribution < -0.4 is 10.2 Å². The second-order valence-corrected chi connectivity index (χ2v) is 5.52. The Morgan fingerprint density at radius 1 is 1.15 bits per heavy atom. The fourth-order valence-corrected chi connectivity index (χ4v) is 2.72. The molecule has 1 aliphatic rings. The van der Waals surface area contributed by atoms with Gasteiger partial charge < -0.3 is 10.2 Å². The molecule has 0 saturated carbocycles. The topological polar surface area (TPSA) is 31.4 Å². The Balaban J connectivity index is 1.95. The van der Waals surface area contributed by atoms with Crippen LogP contribution in [0.5, 0.6) is 0 Å². The van der Waals surface area contributed by atoms with Crippen molar-refractivity contribution in [2.24, 2.45) is 0 Å². The number of anilines is 1. The zero-order valence-corrected chi connectivity index (χ0v) is 13.2. The van der Waals surface area contributed by atoms with Crippen LogP contribution in [0.4, 0.5) is 5.82 Å². The summed E-state index contributed by atoms with van der Waals surface area (Å²) in [6, 6.07) is 4.40. The van der Waals surface area contributed by atoms with Gasteiger partial charge in [-0.05, 0) is 38.1 Å². The van der Waals surface area contributed by atoms with Crippen LogP contribution in [-0.2, 0) is 6.54 Å². The summed E-state index contributed by atoms with van der Waals surface area (Å²) in [5, 5.41) is 3.36. The second kappa shape index (κ2) is 7.60. The lowest BCUT2D eigenvalue weighted by Crippen LogP contribution is -2.46. The van der Waals surface area contributed by atoms with E-state index in [0.29, 0.717) is 0 Å². The van der Waals surface area contributed by atoms with Crippen LogP contribution in [0.3, 0.4) is 0 Å². The lowest BCUT2D eigenvalue weighted by atomic mass is 10.2. The Kier molecular flexibility index (Phi) is 5.80. The summed E-state index contributed by atoms with van der Waals surface area (Å²) in [5.74, 6) is 1.14. The Morgan fingerprint density at radius 2 is 1.90 bits per heavy atom. The Labute approximate surface area is 123 Å². The van der Waals surface area contributed by atoms with Gasteiger partial charge in [0.2, 0.25) is 0 Å². The van der Waals surface area contributed by atoms with Gasteiger partial charge in [0.1, 0.15) is 5.82 Å². The van der Waals surface area contributed by atoms with E-state index >= 15 is 0 Å². The molecule has 0 bridgehead atoms. The number of nitrogens with zero attached hydrogens (tertiary/aromatic N) is 3. The van der Waals surface area contributed by atoms with Crippen molar-refractivity contribution in [2.45, 2.75) is 33.7 Å². The summed E-state index contributed by atoms with van der Waals surface area (Å²) < 4.78 is 0. The number of pyridine rings is 1. The molecule has 2 heterocycles. The van der Waals surface area contributed by atoms with Crippen molar-refractivity contribution in [1.82, 2.24) is 15.2 Å². The molecule has 0 spiro atoms. The van der Waals surface area contributed by atoms with Crippen LogP contribution in [-0.4, -0.2) is 49.2 Å². The van der Waals surface area contributed by atoms with Crippen molar-refractivity contribution < 1.29 is 0 Å². The van der Waals surface area contributed by atoms with Crippen molar-refractivity contribution in [1.29, 1.82) is 0 Å². The van der Waals surface area contributed by atoms with E-state index in [1.807, 2.05) is 0 Å². The molecule has 1 saturated heterocycles. The summed E-state index contributed by atoms with van der Waals surface area (Å²) in [5.41, 5.74) is 2.46. The van der Waals surface area contributed by atoms with Gasteiger partial charge in [-0.2, -0.15) is 0 Å². The fraction of sp³-hybridized carbons (Fsp3) is 0.688. The quantitative estimate of drug-likeness (QED) is 0.861. The van der Waals surface area contributed by atoms with Gasteiger partial charge in [0.05, 0.1) is 0 Å². The lowest BCUT2D eigenvalue weighted by Gasteiger charge is -2.35. The molecule has 0 aromatic carbocycles. The lowest BCUT2D eigenvalue weighted by molar-refractivity contribution is 0.258. The molecule has 112 valence electrons. The predicted molar refractivity (Wildman–Crippen MR) is 85.3 cm³/mol. The zero-order chi connectivity index (χ0) is 14.4. The summed E-state index contributed by atoms with van der Waals surface area (Å²) in [6.45, 7) is 14.2. The number of aryl methyl sites for hydroxylation is 1. The van der Waals surface area contributed by atoms with Crippen LogP contribution in [0.2, 0.25) is 0 Å². The molecule has 20 heavy (non-hydrogen) atoms. The molecule has 1 aromatic heterocycles. The third-order valence-corrected chi connectivity index (χ3v) is 3.98. The Bertz CT molecular complexity index is 411. The smallest absolute Gasteiger partial charge is 0.128 e. The molecule has 0 radical (unpaired) electrons. The summed E-state index contributed by atoms with van der Waals surface area (Å²) in [6.07, 6.45) is 1.25. The minimum Gasteiger partial charge on any atom is -0.354 e. The molecule has 0 unspecified atom stereocenters. The number of hydrogen-bond donors (Lipinski definition) is 1. The van der Waals surface area contributed by atoms with E-state index < -0.39 is 0 Å². The number of hydrogen-bond acceptors (Lipinski definition) is 4. The van der Waals surface area contributed by atoms with Gasteiger partial charge in [-0.15, -0.1) is 0 Å². The highest BCUT2D eigenvalue weighted by Gasteiger charge is 2.17. The molecule has 1 aliphatic heterocycles. The van der Waals surface area contributed by atoms with E-state index in [4.69, 9.17) is 4.98 Å². The van der Waals surface area contributed by atoms with E-state index in [2.05, 4.69) is 48.0 Å². The van der Waals surface area contributed by atoms with Gasteiger partial charge in [0.25, 0.3) is 0 Å². The normalized spacial score (nSPS) is 16.6. The molecule has 0 amide bonds. The molecule has 0 aliphatic carbocycles. The molecular formula is C16H28N4. The summed E-state index contributed by atoms with van der Waals surface area (Å²) >= 11 is 0. The zero-order valence-electron chi connectivity index (χ0n) is 13.2. The highest BCUT2D eigenvalue weighted by atomic mass is 15.3. The van der Waals surface area contributed by atoms with Crippen LogP contribution in [0.1, 0.15) is 31.5 Å². The van der Waals surface area contributed by atoms with Crippen molar-refractivity contribution in [3.05, 3.63) is 23.4 Å². The first-order valence-electron chi connectivity index (χ1n) is 7.89. The molecular weight excluding hydrogens is 248 g/mol. The van der Waals surface area contributed by atoms with Crippen molar-refractivity contribution in [2.75, 3.05) is 44.2 Å². The first kappa shape index (κ1) is 15.3. The maximum Gasteiger partial charge on any atom is 0.128 e. The Morgan fingerprint density at radius 3 is 2.50 bits per heavy atom. The first-order chi connectivity index (χ1) is 9.74. The number of aromatic nitrogens is 1. The molecule has 1 fully saturated rings. The molecule has 1 aromatic rings. The molecule has 2 rings (SSSR count). The van der Waals surface area contributed by atoms with Crippen molar-refractivity contribution in [3.8, 4) is 0 Å². The monoisotopic (exact) mass is 276 g/mol. The molecule has 4 heteroatoms. The van der Waals surface area contributed by atoms with Gasteiger partial charge in [0.15, 0.2) is 0 Å². The first-order valence-corrected chi connectivity index (χ1v) is 7.89. The minimum atomic E-state index is 0.917. The van der Waals surface area contributed by atoms with E-state index in [-0.39, 0.29) is 0 Å². The van der Waals surface area contributed by atoms with Crippen LogP contribution in [0, 0.1) is 6.92 Å². The van der Waals surface area contributed by atoms with Crippen LogP contribution in [0.25, 0.3) is 0 Å². The molecule has 4 nitrogen and oxygen atoms in total. The largest absolute Gasteiger partial charge is 0.354 e. The number of nitrogens with one attached hydrogen (secondary N) is 1. The van der Waals surface area contributed by atoms with Gasteiger partial charge in [0, 0.05) is 38.4 Å². The average Bonchev–Trinajstić information content (AvgIpc) is 2.47. The van der Waals surface area contributed by atoms with Gasteiger partial charge in [-0.3, -0.25) is 4.90 Å². The van der Waals surface area contributed by atoms with Gasteiger partial charge >= 0.3 is 0 Å². The average molecular weight is 276 g/mol. The summed E-state index contributed by atoms with van der Waals surface area (Å²) in [4.78, 5) is 9.75. The second-order valence-electron chi connectivity index (χ2n) is 5.52. The minimum absolute atomic E-state index is 0.917. The van der Waals surface area contributed by atoms with E-state index in [0.717, 1.165) is 50.8 Å². The van der Waals surface area contributed by atoms with Crippen LogP contribution >= 0.6 is 0 Å². The highest BCUT2D eigenvalue weighted by molar-refractivity contribution is 5.42. The summed E-state index contributed by atoms with van der Waals surface area (Å²) in [7, 11) is 0. The maximum atomic E-state index is 4.79. The predicted octanol–water partition coefficient (Wildman–Crippen LogP) is 2.03. The van der Waals surface area contributed by atoms with Gasteiger partial charge in [-0.1, -0.05) is 19.9 Å².